The number of pyridine rings is 1. The first-order valence-electron chi connectivity index (χ1n) is 6.21. The summed E-state index contributed by atoms with van der Waals surface area (Å²) < 4.78 is 1.77. The van der Waals surface area contributed by atoms with Crippen LogP contribution in [0.3, 0.4) is 0 Å². The van der Waals surface area contributed by atoms with Crippen molar-refractivity contribution in [1.82, 2.24) is 5.32 Å². The molecule has 1 fully saturated rings. The van der Waals surface area contributed by atoms with E-state index in [0.29, 0.717) is 0 Å². The Balaban J connectivity index is 0.000000491. The van der Waals surface area contributed by atoms with Gasteiger partial charge in [-0.2, -0.15) is 0 Å². The summed E-state index contributed by atoms with van der Waals surface area (Å²) in [6.45, 7) is 1.35. The lowest BCUT2D eigenvalue weighted by molar-refractivity contribution is -0.701. The van der Waals surface area contributed by atoms with Gasteiger partial charge in [-0.15, -0.1) is 0 Å². The molecule has 0 aliphatic carbocycles. The highest BCUT2D eigenvalue weighted by Gasteiger charge is 2.49. The van der Waals surface area contributed by atoms with Crippen molar-refractivity contribution in [1.29, 1.82) is 0 Å². The zero-order chi connectivity index (χ0) is 16.0. The third-order valence-electron chi connectivity index (χ3n) is 2.87. The van der Waals surface area contributed by atoms with Gasteiger partial charge in [0, 0.05) is 25.5 Å². The van der Waals surface area contributed by atoms with Crippen LogP contribution in [0.5, 0.6) is 0 Å². The molecule has 0 saturated carbocycles. The molecule has 1 aliphatic heterocycles. The molecule has 0 aromatic carbocycles. The molecule has 5 N–H and O–H groups in total. The molecular formula is C13H18N3O5+. The van der Waals surface area contributed by atoms with Crippen LogP contribution in [0.15, 0.2) is 30.6 Å². The number of aliphatic carboxylic acids is 2. The number of hydrogen-bond acceptors (Lipinski definition) is 4. The van der Waals surface area contributed by atoms with Crippen molar-refractivity contribution in [3.05, 3.63) is 30.6 Å². The Kier molecular flexibility index (Phi) is 5.37. The smallest absolute Gasteiger partial charge is 0.326 e. The number of nitrogens with zero attached hydrogens (tertiary/aromatic N) is 1. The molecule has 1 saturated heterocycles. The Bertz CT molecular complexity index is 530. The summed E-state index contributed by atoms with van der Waals surface area (Å²) in [6, 6.07) is 4.61. The number of amides is 1. The van der Waals surface area contributed by atoms with Gasteiger partial charge in [-0.3, -0.25) is 9.59 Å². The van der Waals surface area contributed by atoms with Crippen molar-refractivity contribution < 1.29 is 29.2 Å². The van der Waals surface area contributed by atoms with Gasteiger partial charge in [0.2, 0.25) is 5.91 Å². The Morgan fingerprint density at radius 3 is 2.33 bits per heavy atom. The Hall–Kier alpha value is -2.48. The zero-order valence-electron chi connectivity index (χ0n) is 11.5. The van der Waals surface area contributed by atoms with E-state index in [1.807, 2.05) is 18.2 Å². The quantitative estimate of drug-likeness (QED) is 0.514. The van der Waals surface area contributed by atoms with Crippen molar-refractivity contribution in [3.8, 4) is 0 Å². The maximum Gasteiger partial charge on any atom is 0.326 e. The van der Waals surface area contributed by atoms with E-state index in [9.17, 15) is 9.59 Å². The summed E-state index contributed by atoms with van der Waals surface area (Å²) >= 11 is 0. The normalized spacial score (nSPS) is 23.7. The van der Waals surface area contributed by atoms with Gasteiger partial charge in [0.05, 0.1) is 0 Å². The first-order chi connectivity index (χ1) is 9.74. The second kappa shape index (κ2) is 6.80. The number of nitrogens with one attached hydrogen (secondary N) is 1. The first kappa shape index (κ1) is 16.6. The van der Waals surface area contributed by atoms with Gasteiger partial charge in [0.1, 0.15) is 6.04 Å². The van der Waals surface area contributed by atoms with Crippen LogP contribution in [-0.2, 0) is 20.9 Å². The van der Waals surface area contributed by atoms with Gasteiger partial charge < -0.3 is 21.3 Å². The summed E-state index contributed by atoms with van der Waals surface area (Å²) in [5.74, 6) is -2.30. The minimum absolute atomic E-state index is 0.100. The molecule has 2 rings (SSSR count). The molecule has 1 aromatic heterocycles. The maximum atomic E-state index is 11.7. The van der Waals surface area contributed by atoms with Gasteiger partial charge in [-0.1, -0.05) is 6.07 Å². The molecule has 1 amide bonds. The van der Waals surface area contributed by atoms with Crippen molar-refractivity contribution in [3.63, 3.8) is 0 Å². The predicted octanol–water partition coefficient (Wildman–Crippen LogP) is -1.26. The van der Waals surface area contributed by atoms with Gasteiger partial charge in [0.25, 0.3) is 5.97 Å². The van der Waals surface area contributed by atoms with Gasteiger partial charge in [-0.25, -0.2) is 9.36 Å². The predicted molar refractivity (Wildman–Crippen MR) is 71.0 cm³/mol. The summed E-state index contributed by atoms with van der Waals surface area (Å²) in [4.78, 5) is 31.5. The highest BCUT2D eigenvalue weighted by Crippen LogP contribution is 2.18. The molecule has 21 heavy (non-hydrogen) atoms. The third-order valence-corrected chi connectivity index (χ3v) is 2.87. The van der Waals surface area contributed by atoms with Gasteiger partial charge in [0.15, 0.2) is 24.5 Å². The van der Waals surface area contributed by atoms with E-state index in [2.05, 4.69) is 5.32 Å². The molecule has 2 atom stereocenters. The van der Waals surface area contributed by atoms with E-state index >= 15 is 0 Å². The molecule has 1 aromatic rings. The molecule has 2 heterocycles. The summed E-state index contributed by atoms with van der Waals surface area (Å²) in [6.07, 6.45) is 3.68. The number of hydrogen-bond donors (Lipinski definition) is 4. The fourth-order valence-electron chi connectivity index (χ4n) is 1.96. The largest absolute Gasteiger partial charge is 0.481 e. The summed E-state index contributed by atoms with van der Waals surface area (Å²) in [7, 11) is 0. The van der Waals surface area contributed by atoms with Gasteiger partial charge in [-0.05, 0) is 0 Å². The lowest BCUT2D eigenvalue weighted by atomic mass is 9.96. The fraction of sp³-hybridized carbons (Fsp3) is 0.385. The van der Waals surface area contributed by atoms with E-state index in [-0.39, 0.29) is 13.0 Å². The second-order valence-corrected chi connectivity index (χ2v) is 4.79. The fourth-order valence-corrected chi connectivity index (χ4v) is 1.96. The zero-order valence-corrected chi connectivity index (χ0v) is 11.5. The Labute approximate surface area is 121 Å². The summed E-state index contributed by atoms with van der Waals surface area (Å²) in [5, 5.41) is 18.7. The van der Waals surface area contributed by atoms with Crippen LogP contribution in [0.2, 0.25) is 0 Å². The lowest BCUT2D eigenvalue weighted by Crippen LogP contribution is -2.57. The Morgan fingerprint density at radius 1 is 1.38 bits per heavy atom. The average molecular weight is 296 g/mol. The lowest BCUT2D eigenvalue weighted by Gasteiger charge is -2.16. The molecule has 1 unspecified atom stereocenters. The molecule has 0 radical (unpaired) electrons. The molecule has 8 nitrogen and oxygen atoms in total. The van der Waals surface area contributed by atoms with Crippen LogP contribution in [0, 0.1) is 0 Å². The van der Waals surface area contributed by atoms with Crippen molar-refractivity contribution in [2.45, 2.75) is 31.5 Å². The number of carbonyl (C=O) groups is 3. The standard InChI is InChI=1S/C11H13N3O3.C2H4O2/c12-11(7-14-4-2-1-3-5-14)6-8(9(15)16)13-10(11)17;1-2(3)4/h1-5,8H,6-7,12H2,(H-,13,15,16,17);1H3,(H,3,4)/p+1/t8-,11?;/m0./s1. The molecule has 114 valence electrons. The topological polar surface area (TPSA) is 134 Å². The maximum absolute atomic E-state index is 11.7. The van der Waals surface area contributed by atoms with Crippen LogP contribution in [0.25, 0.3) is 0 Å². The van der Waals surface area contributed by atoms with E-state index < -0.39 is 29.4 Å². The van der Waals surface area contributed by atoms with Crippen LogP contribution in [0.4, 0.5) is 0 Å². The highest BCUT2D eigenvalue weighted by atomic mass is 16.4. The van der Waals surface area contributed by atoms with E-state index in [4.69, 9.17) is 20.7 Å². The van der Waals surface area contributed by atoms with E-state index in [1.165, 1.54) is 0 Å². The number of carboxylic acids is 2. The summed E-state index contributed by atoms with van der Waals surface area (Å²) in [5.41, 5.74) is 4.81. The number of carbonyl (C=O) groups excluding carboxylic acids is 1. The number of carboxylic acid groups (broad SMARTS) is 2. The number of rotatable bonds is 3. The average Bonchev–Trinajstić information content (AvgIpc) is 2.66. The third kappa shape index (κ3) is 4.84. The second-order valence-electron chi connectivity index (χ2n) is 4.79. The molecule has 0 spiro atoms. The van der Waals surface area contributed by atoms with Crippen LogP contribution in [-0.4, -0.2) is 39.6 Å². The first-order valence-corrected chi connectivity index (χ1v) is 6.21. The van der Waals surface area contributed by atoms with Crippen LogP contribution < -0.4 is 15.6 Å². The number of aromatic nitrogens is 1. The van der Waals surface area contributed by atoms with Gasteiger partial charge >= 0.3 is 5.97 Å². The van der Waals surface area contributed by atoms with E-state index in [0.717, 1.165) is 6.92 Å². The SMILES string of the molecule is CC(=O)O.NC1(C[n+]2ccccc2)C[C@@H](C(=O)O)NC1=O. The minimum Gasteiger partial charge on any atom is -0.481 e. The van der Waals surface area contributed by atoms with E-state index in [1.54, 1.807) is 17.0 Å². The molecular weight excluding hydrogens is 278 g/mol. The van der Waals surface area contributed by atoms with Crippen molar-refractivity contribution in [2.24, 2.45) is 5.73 Å². The van der Waals surface area contributed by atoms with Crippen LogP contribution >= 0.6 is 0 Å². The molecule has 1 aliphatic rings. The van der Waals surface area contributed by atoms with Crippen molar-refractivity contribution in [2.75, 3.05) is 0 Å². The molecule has 0 bridgehead atoms. The molecule has 8 heteroatoms. The number of nitrogens with two attached hydrogens (primary N) is 1. The highest BCUT2D eigenvalue weighted by molar-refractivity contribution is 5.94. The Morgan fingerprint density at radius 2 is 1.90 bits per heavy atom. The van der Waals surface area contributed by atoms with Crippen molar-refractivity contribution >= 4 is 17.8 Å². The van der Waals surface area contributed by atoms with Crippen LogP contribution in [0.1, 0.15) is 13.3 Å². The minimum atomic E-state index is -1.16. The monoisotopic (exact) mass is 296 g/mol.